The smallest absolute Gasteiger partial charge is 0.315 e. The number of carbonyl (C=O) groups excluding carboxylic acids is 1. The zero-order valence-electron chi connectivity index (χ0n) is 13.6. The van der Waals surface area contributed by atoms with Crippen LogP contribution in [0.5, 0.6) is 5.75 Å². The van der Waals surface area contributed by atoms with Crippen LogP contribution in [0.3, 0.4) is 0 Å². The number of amides is 2. The number of urea groups is 1. The standard InChI is InChI=1S/C19H21ClN2O2/c1-24-16-8-6-15(7-9-16)19(10-11-19)13-22-18(23)21-12-14-4-2-3-5-17(14)20/h2-9H,10-13H2,1H3,(H2,21,22,23). The van der Waals surface area contributed by atoms with Gasteiger partial charge in [-0.25, -0.2) is 4.79 Å². The Labute approximate surface area is 147 Å². The summed E-state index contributed by atoms with van der Waals surface area (Å²) < 4.78 is 5.19. The summed E-state index contributed by atoms with van der Waals surface area (Å²) >= 11 is 6.09. The van der Waals surface area contributed by atoms with E-state index in [2.05, 4.69) is 22.8 Å². The van der Waals surface area contributed by atoms with Crippen LogP contribution in [0.2, 0.25) is 5.02 Å². The van der Waals surface area contributed by atoms with Crippen molar-refractivity contribution in [1.29, 1.82) is 0 Å². The van der Waals surface area contributed by atoms with Crippen LogP contribution < -0.4 is 15.4 Å². The molecule has 1 fully saturated rings. The molecule has 0 spiro atoms. The van der Waals surface area contributed by atoms with E-state index in [1.165, 1.54) is 5.56 Å². The van der Waals surface area contributed by atoms with Crippen molar-refractivity contribution < 1.29 is 9.53 Å². The summed E-state index contributed by atoms with van der Waals surface area (Å²) in [4.78, 5) is 12.0. The number of nitrogens with one attached hydrogen (secondary N) is 2. The number of halogens is 1. The molecule has 2 aromatic carbocycles. The van der Waals surface area contributed by atoms with Gasteiger partial charge in [0.1, 0.15) is 5.75 Å². The van der Waals surface area contributed by atoms with Gasteiger partial charge in [-0.15, -0.1) is 0 Å². The molecule has 2 aromatic rings. The molecule has 1 aliphatic rings. The van der Waals surface area contributed by atoms with E-state index in [4.69, 9.17) is 16.3 Å². The molecule has 2 N–H and O–H groups in total. The highest BCUT2D eigenvalue weighted by molar-refractivity contribution is 6.31. The molecule has 3 rings (SSSR count). The van der Waals surface area contributed by atoms with Gasteiger partial charge in [0.05, 0.1) is 7.11 Å². The minimum Gasteiger partial charge on any atom is -0.497 e. The lowest BCUT2D eigenvalue weighted by Crippen LogP contribution is -2.39. The molecule has 1 aliphatic carbocycles. The van der Waals surface area contributed by atoms with Crippen molar-refractivity contribution >= 4 is 17.6 Å². The minimum absolute atomic E-state index is 0.0635. The Morgan fingerprint density at radius 2 is 1.83 bits per heavy atom. The van der Waals surface area contributed by atoms with Crippen LogP contribution in [0.15, 0.2) is 48.5 Å². The van der Waals surface area contributed by atoms with Crippen molar-refractivity contribution in [2.45, 2.75) is 24.8 Å². The van der Waals surface area contributed by atoms with Crippen molar-refractivity contribution in [1.82, 2.24) is 10.6 Å². The van der Waals surface area contributed by atoms with E-state index < -0.39 is 0 Å². The molecule has 1 saturated carbocycles. The summed E-state index contributed by atoms with van der Waals surface area (Å²) in [5.74, 6) is 0.847. The Morgan fingerprint density at radius 3 is 2.46 bits per heavy atom. The third kappa shape index (κ3) is 3.82. The van der Waals surface area contributed by atoms with Gasteiger partial charge >= 0.3 is 6.03 Å². The Balaban J connectivity index is 1.51. The molecule has 4 nitrogen and oxygen atoms in total. The molecule has 2 amide bonds. The van der Waals surface area contributed by atoms with Crippen molar-refractivity contribution in [2.75, 3.05) is 13.7 Å². The molecule has 0 unspecified atom stereocenters. The monoisotopic (exact) mass is 344 g/mol. The topological polar surface area (TPSA) is 50.4 Å². The predicted molar refractivity (Wildman–Crippen MR) is 95.6 cm³/mol. The molecule has 0 bridgehead atoms. The average Bonchev–Trinajstić information content (AvgIpc) is 3.40. The van der Waals surface area contributed by atoms with Gasteiger partial charge in [-0.1, -0.05) is 41.9 Å². The fourth-order valence-corrected chi connectivity index (χ4v) is 2.99. The van der Waals surface area contributed by atoms with E-state index in [1.807, 2.05) is 36.4 Å². The fourth-order valence-electron chi connectivity index (χ4n) is 2.79. The molecule has 0 aromatic heterocycles. The van der Waals surface area contributed by atoms with Crippen molar-refractivity contribution in [3.05, 3.63) is 64.7 Å². The number of hydrogen-bond acceptors (Lipinski definition) is 2. The van der Waals surface area contributed by atoms with Crippen molar-refractivity contribution in [2.24, 2.45) is 0 Å². The number of carbonyl (C=O) groups is 1. The first kappa shape index (κ1) is 16.7. The van der Waals surface area contributed by atoms with Crippen LogP contribution >= 0.6 is 11.6 Å². The molecule has 0 heterocycles. The summed E-state index contributed by atoms with van der Waals surface area (Å²) in [6, 6.07) is 15.4. The number of hydrogen-bond donors (Lipinski definition) is 2. The first-order valence-electron chi connectivity index (χ1n) is 8.03. The van der Waals surface area contributed by atoms with Gasteiger partial charge in [-0.2, -0.15) is 0 Å². The number of benzene rings is 2. The van der Waals surface area contributed by atoms with Crippen molar-refractivity contribution in [3.63, 3.8) is 0 Å². The van der Waals surface area contributed by atoms with Gasteiger partial charge in [0, 0.05) is 23.5 Å². The highest BCUT2D eigenvalue weighted by Gasteiger charge is 2.44. The van der Waals surface area contributed by atoms with E-state index in [9.17, 15) is 4.79 Å². The number of rotatable bonds is 6. The summed E-state index contributed by atoms with van der Waals surface area (Å²) in [6.45, 7) is 1.05. The lowest BCUT2D eigenvalue weighted by atomic mass is 9.96. The van der Waals surface area contributed by atoms with Crippen LogP contribution in [0.1, 0.15) is 24.0 Å². The SMILES string of the molecule is COc1ccc(C2(CNC(=O)NCc3ccccc3Cl)CC2)cc1. The Morgan fingerprint density at radius 1 is 1.12 bits per heavy atom. The number of ether oxygens (including phenoxy) is 1. The normalized spacial score (nSPS) is 14.8. The Kier molecular flexibility index (Phi) is 4.95. The fraction of sp³-hybridized carbons (Fsp3) is 0.316. The molecule has 0 saturated heterocycles. The predicted octanol–water partition coefficient (Wildman–Crippen LogP) is 3.88. The maximum atomic E-state index is 12.0. The Hall–Kier alpha value is -2.20. The maximum Gasteiger partial charge on any atom is 0.315 e. The van der Waals surface area contributed by atoms with Crippen molar-refractivity contribution in [3.8, 4) is 5.75 Å². The van der Waals surface area contributed by atoms with Gasteiger partial charge in [0.15, 0.2) is 0 Å². The van der Waals surface area contributed by atoms with Gasteiger partial charge in [0.2, 0.25) is 0 Å². The molecule has 126 valence electrons. The lowest BCUT2D eigenvalue weighted by Gasteiger charge is -2.17. The van der Waals surface area contributed by atoms with E-state index in [1.54, 1.807) is 7.11 Å². The molecular weight excluding hydrogens is 324 g/mol. The summed E-state index contributed by atoms with van der Waals surface area (Å²) in [6.07, 6.45) is 2.17. The highest BCUT2D eigenvalue weighted by atomic mass is 35.5. The minimum atomic E-state index is -0.172. The first-order chi connectivity index (χ1) is 11.6. The van der Waals surface area contributed by atoms with Crippen LogP contribution in [0.25, 0.3) is 0 Å². The van der Waals surface area contributed by atoms with Crippen LogP contribution in [-0.4, -0.2) is 19.7 Å². The van der Waals surface area contributed by atoms with E-state index in [0.29, 0.717) is 18.1 Å². The van der Waals surface area contributed by atoms with Crippen LogP contribution in [-0.2, 0) is 12.0 Å². The second-order valence-corrected chi connectivity index (χ2v) is 6.54. The van der Waals surface area contributed by atoms with Gasteiger partial charge in [0.25, 0.3) is 0 Å². The third-order valence-corrected chi connectivity index (χ3v) is 4.91. The summed E-state index contributed by atoms with van der Waals surface area (Å²) in [5.41, 5.74) is 2.22. The summed E-state index contributed by atoms with van der Waals surface area (Å²) in [5, 5.41) is 6.49. The van der Waals surface area contributed by atoms with E-state index in [-0.39, 0.29) is 11.4 Å². The molecule has 0 radical (unpaired) electrons. The molecule has 5 heteroatoms. The Bertz CT molecular complexity index is 712. The second kappa shape index (κ2) is 7.14. The average molecular weight is 345 g/mol. The third-order valence-electron chi connectivity index (χ3n) is 4.54. The zero-order chi connectivity index (χ0) is 17.0. The zero-order valence-corrected chi connectivity index (χ0v) is 14.4. The molecule has 0 aliphatic heterocycles. The van der Waals surface area contributed by atoms with E-state index in [0.717, 1.165) is 24.2 Å². The molecule has 0 atom stereocenters. The summed E-state index contributed by atoms with van der Waals surface area (Å²) in [7, 11) is 1.66. The van der Waals surface area contributed by atoms with Gasteiger partial charge in [-0.05, 0) is 42.2 Å². The van der Waals surface area contributed by atoms with Gasteiger partial charge in [-0.3, -0.25) is 0 Å². The number of methoxy groups -OCH3 is 1. The largest absolute Gasteiger partial charge is 0.497 e. The van der Waals surface area contributed by atoms with E-state index >= 15 is 0 Å². The quantitative estimate of drug-likeness (QED) is 0.835. The van der Waals surface area contributed by atoms with Crippen LogP contribution in [0, 0.1) is 0 Å². The lowest BCUT2D eigenvalue weighted by molar-refractivity contribution is 0.239. The van der Waals surface area contributed by atoms with Crippen LogP contribution in [0.4, 0.5) is 4.79 Å². The first-order valence-corrected chi connectivity index (χ1v) is 8.40. The molecular formula is C19H21ClN2O2. The molecule has 24 heavy (non-hydrogen) atoms. The maximum absolute atomic E-state index is 12.0. The van der Waals surface area contributed by atoms with Gasteiger partial charge < -0.3 is 15.4 Å². The second-order valence-electron chi connectivity index (χ2n) is 6.14. The highest BCUT2D eigenvalue weighted by Crippen LogP contribution is 2.47.